The van der Waals surface area contributed by atoms with Crippen LogP contribution in [0.15, 0.2) is 0 Å². The minimum absolute atomic E-state index is 0.195. The highest BCUT2D eigenvalue weighted by Gasteiger charge is 2.68. The fourth-order valence-corrected chi connectivity index (χ4v) is 1.10. The van der Waals surface area contributed by atoms with Gasteiger partial charge in [0, 0.05) is 13.2 Å². The van der Waals surface area contributed by atoms with Gasteiger partial charge in [0.25, 0.3) is 0 Å². The van der Waals surface area contributed by atoms with Crippen LogP contribution in [-0.2, 0) is 20.2 Å². The summed E-state index contributed by atoms with van der Waals surface area (Å²) in [4.78, 5) is 0. The van der Waals surface area contributed by atoms with Crippen LogP contribution in [0.3, 0.4) is 0 Å². The molecule has 0 radical (unpaired) electrons. The van der Waals surface area contributed by atoms with E-state index in [-0.39, 0.29) is 13.2 Å². The second kappa shape index (κ2) is 10.7. The molecule has 0 fully saturated rings. The van der Waals surface area contributed by atoms with Gasteiger partial charge in [-0.15, -0.1) is 0 Å². The minimum Gasteiger partial charge on any atom is -0.396 e. The Kier molecular flexibility index (Phi) is 12.1. The Labute approximate surface area is 150 Å². The number of aliphatic hydroxyl groups excluding tert-OH is 2. The molecule has 0 atom stereocenters. The van der Waals surface area contributed by atoms with E-state index in [4.69, 9.17) is 19.3 Å². The lowest BCUT2D eigenvalue weighted by Crippen LogP contribution is -2.43. The molecular weight excluding hydrogens is 478 g/mol. The zero-order valence-corrected chi connectivity index (χ0v) is 14.5. The normalized spacial score (nSPS) is 13.8. The van der Waals surface area contributed by atoms with E-state index in [9.17, 15) is 60.7 Å². The van der Waals surface area contributed by atoms with Gasteiger partial charge < -0.3 is 10.2 Å². The Balaban J connectivity index is -0.000000351. The van der Waals surface area contributed by atoms with Gasteiger partial charge in [-0.1, -0.05) is 0 Å². The molecule has 0 aromatic carbocycles. The Morgan fingerprint density at radius 3 is 0.750 bits per heavy atom. The molecule has 20 heteroatoms. The highest BCUT2D eigenvalue weighted by atomic mass is 32.2. The van der Waals surface area contributed by atoms with Gasteiger partial charge in [-0.3, -0.25) is 9.11 Å². The zero-order chi connectivity index (χ0) is 23.8. The largest absolute Gasteiger partial charge is 0.472 e. The van der Waals surface area contributed by atoms with Gasteiger partial charge in [-0.25, -0.2) is 0 Å². The van der Waals surface area contributed by atoms with E-state index in [0.29, 0.717) is 0 Å². The van der Waals surface area contributed by atoms with Gasteiger partial charge in [0.1, 0.15) is 0 Å². The molecule has 0 spiro atoms. The molecule has 174 valence electrons. The highest BCUT2D eigenvalue weighted by Crippen LogP contribution is 2.39. The third-order valence-corrected chi connectivity index (χ3v) is 3.63. The molecule has 8 nitrogen and oxygen atoms in total. The van der Waals surface area contributed by atoms with Gasteiger partial charge in [0.2, 0.25) is 0 Å². The second-order valence-corrected chi connectivity index (χ2v) is 7.06. The van der Waals surface area contributed by atoms with Crippen molar-refractivity contribution in [1.29, 1.82) is 0 Å². The molecular formula is C8H12F10O8S2. The molecule has 0 aromatic rings. The fraction of sp³-hybridized carbons (Fsp3) is 1.00. The molecule has 28 heavy (non-hydrogen) atoms. The maximum Gasteiger partial charge on any atom is 0.472 e. The maximum absolute atomic E-state index is 11.5. The first-order valence-corrected chi connectivity index (χ1v) is 8.84. The van der Waals surface area contributed by atoms with E-state index < -0.39 is 43.1 Å². The lowest BCUT2D eigenvalue weighted by molar-refractivity contribution is -0.243. The molecule has 0 unspecified atom stereocenters. The predicted molar refractivity (Wildman–Crippen MR) is 68.5 cm³/mol. The van der Waals surface area contributed by atoms with Gasteiger partial charge in [-0.05, 0) is 12.8 Å². The lowest BCUT2D eigenvalue weighted by Gasteiger charge is -2.15. The number of rotatable bonds is 5. The molecule has 0 heterocycles. The first-order chi connectivity index (χ1) is 11.9. The monoisotopic (exact) mass is 490 g/mol. The number of alkyl halides is 10. The van der Waals surface area contributed by atoms with Crippen LogP contribution in [0.25, 0.3) is 0 Å². The Morgan fingerprint density at radius 1 is 0.536 bits per heavy atom. The fourth-order valence-electron chi connectivity index (χ4n) is 0.516. The van der Waals surface area contributed by atoms with Crippen molar-refractivity contribution in [3.05, 3.63) is 0 Å². The van der Waals surface area contributed by atoms with Crippen LogP contribution in [0.4, 0.5) is 43.9 Å². The van der Waals surface area contributed by atoms with Crippen molar-refractivity contribution < 1.29 is 80.1 Å². The molecule has 0 rings (SSSR count). The van der Waals surface area contributed by atoms with Crippen molar-refractivity contribution in [2.24, 2.45) is 0 Å². The number of unbranched alkanes of at least 4 members (excludes halogenated alkanes) is 1. The molecule has 0 aliphatic rings. The summed E-state index contributed by atoms with van der Waals surface area (Å²) >= 11 is 0. The van der Waals surface area contributed by atoms with Gasteiger partial charge in [0.15, 0.2) is 0 Å². The molecule has 0 saturated heterocycles. The summed E-state index contributed by atoms with van der Waals surface area (Å²) in [6, 6.07) is 0. The summed E-state index contributed by atoms with van der Waals surface area (Å²) in [5.74, 6) is 0. The molecule has 0 saturated carbocycles. The van der Waals surface area contributed by atoms with E-state index in [1.165, 1.54) is 0 Å². The summed E-state index contributed by atoms with van der Waals surface area (Å²) in [6.07, 6.45) is -11.1. The van der Waals surface area contributed by atoms with Gasteiger partial charge >= 0.3 is 43.1 Å². The second-order valence-electron chi connectivity index (χ2n) is 4.13. The predicted octanol–water partition coefficient (Wildman–Crippen LogP) is 1.81. The number of halogens is 10. The van der Waals surface area contributed by atoms with Crippen molar-refractivity contribution in [2.45, 2.75) is 35.7 Å². The zero-order valence-electron chi connectivity index (χ0n) is 12.8. The maximum atomic E-state index is 11.5. The molecule has 0 aliphatic carbocycles. The SMILES string of the molecule is O=S(=O)(O)C(F)(F)C(F)(F)F.O=S(=O)(O)C(F)(F)C(F)(F)F.OCCCCO. The van der Waals surface area contributed by atoms with E-state index in [1.54, 1.807) is 0 Å². The van der Waals surface area contributed by atoms with E-state index in [1.807, 2.05) is 0 Å². The minimum atomic E-state index is -6.42. The average Bonchev–Trinajstić information content (AvgIpc) is 2.41. The lowest BCUT2D eigenvalue weighted by atomic mass is 10.3. The van der Waals surface area contributed by atoms with Crippen LogP contribution in [0.1, 0.15) is 12.8 Å². The summed E-state index contributed by atoms with van der Waals surface area (Å²) in [5.41, 5.74) is 0. The summed E-state index contributed by atoms with van der Waals surface area (Å²) in [6.45, 7) is 0.390. The Morgan fingerprint density at radius 2 is 0.714 bits per heavy atom. The van der Waals surface area contributed by atoms with Crippen LogP contribution >= 0.6 is 0 Å². The third-order valence-electron chi connectivity index (χ3n) is 1.87. The van der Waals surface area contributed by atoms with Crippen molar-refractivity contribution in [2.75, 3.05) is 13.2 Å². The standard InChI is InChI=1S/C4H10O2.2C2HF5O3S/c5-3-1-2-4-6;2*3-1(4,5)2(6,7)11(8,9)10/h5-6H,1-4H2;2*(H,8,9,10). The quantitative estimate of drug-likeness (QED) is 0.259. The highest BCUT2D eigenvalue weighted by molar-refractivity contribution is 7.87. The smallest absolute Gasteiger partial charge is 0.396 e. The molecule has 0 aromatic heterocycles. The van der Waals surface area contributed by atoms with Crippen molar-refractivity contribution in [1.82, 2.24) is 0 Å². The number of hydrogen-bond donors (Lipinski definition) is 4. The van der Waals surface area contributed by atoms with Crippen molar-refractivity contribution in [3.63, 3.8) is 0 Å². The van der Waals surface area contributed by atoms with Gasteiger partial charge in [-0.2, -0.15) is 60.7 Å². The Bertz CT molecular complexity index is 594. The summed E-state index contributed by atoms with van der Waals surface area (Å²) < 4.78 is 164. The van der Waals surface area contributed by atoms with Crippen molar-refractivity contribution in [3.8, 4) is 0 Å². The summed E-state index contributed by atoms with van der Waals surface area (Å²) in [5, 5.41) is 3.98. The van der Waals surface area contributed by atoms with Crippen LogP contribution < -0.4 is 0 Å². The molecule has 0 bridgehead atoms. The van der Waals surface area contributed by atoms with E-state index in [2.05, 4.69) is 0 Å². The first kappa shape index (κ1) is 31.7. The van der Waals surface area contributed by atoms with Crippen LogP contribution in [0.2, 0.25) is 0 Å². The first-order valence-electron chi connectivity index (χ1n) is 5.96. The average molecular weight is 490 g/mol. The number of hydrogen-bond acceptors (Lipinski definition) is 6. The van der Waals surface area contributed by atoms with Crippen molar-refractivity contribution >= 4 is 20.2 Å². The topological polar surface area (TPSA) is 149 Å². The number of aliphatic hydroxyl groups is 2. The molecule has 4 N–H and O–H groups in total. The van der Waals surface area contributed by atoms with Gasteiger partial charge in [0.05, 0.1) is 0 Å². The summed E-state index contributed by atoms with van der Waals surface area (Å²) in [7, 11) is -12.8. The van der Waals surface area contributed by atoms with E-state index in [0.717, 1.165) is 12.8 Å². The third kappa shape index (κ3) is 10.0. The van der Waals surface area contributed by atoms with Crippen LogP contribution in [0.5, 0.6) is 0 Å². The molecule has 0 aliphatic heterocycles. The van der Waals surface area contributed by atoms with Crippen LogP contribution in [-0.4, -0.2) is 72.2 Å². The Hall–Kier alpha value is -0.960. The molecule has 0 amide bonds. The van der Waals surface area contributed by atoms with E-state index >= 15 is 0 Å². The van der Waals surface area contributed by atoms with Crippen LogP contribution in [0, 0.1) is 0 Å².